The minimum absolute atomic E-state index is 0.0275. The van der Waals surface area contributed by atoms with Crippen LogP contribution in [0.5, 0.6) is 0 Å². The largest absolute Gasteiger partial charge is 0.417 e. The van der Waals surface area contributed by atoms with E-state index in [1.54, 1.807) is 24.6 Å². The Labute approximate surface area is 489 Å². The lowest BCUT2D eigenvalue weighted by Crippen LogP contribution is -2.49. The van der Waals surface area contributed by atoms with Crippen LogP contribution in [0.15, 0.2) is 99.9 Å². The fourth-order valence-electron chi connectivity index (χ4n) is 11.2. The number of nitrogens with zero attached hydrogens (tertiary/aromatic N) is 7. The summed E-state index contributed by atoms with van der Waals surface area (Å²) in [7, 11) is 2.01. The number of likely N-dealkylation sites (tertiary alicyclic amines) is 1. The molecule has 9 rings (SSSR count). The third kappa shape index (κ3) is 15.0. The Balaban J connectivity index is 0.769. The predicted molar refractivity (Wildman–Crippen MR) is 313 cm³/mol. The van der Waals surface area contributed by atoms with Gasteiger partial charge in [-0.15, -0.1) is 11.3 Å². The number of β-amino-alcohol motifs (C(OH)–C–C–N with tert-alkyl or cyclic N) is 1. The second-order valence-corrected chi connectivity index (χ2v) is 23.3. The molecule has 84 heavy (non-hydrogen) atoms. The maximum Gasteiger partial charge on any atom is 0.417 e. The van der Waals surface area contributed by atoms with Gasteiger partial charge in [0.25, 0.3) is 5.91 Å². The Morgan fingerprint density at radius 3 is 2.29 bits per heavy atom. The van der Waals surface area contributed by atoms with Crippen molar-refractivity contribution in [3.63, 3.8) is 0 Å². The predicted octanol–water partition coefficient (Wildman–Crippen LogP) is 7.37. The summed E-state index contributed by atoms with van der Waals surface area (Å²) in [6.45, 7) is 13.5. The number of aromatic nitrogens is 3. The number of pyridine rings is 1. The van der Waals surface area contributed by atoms with Gasteiger partial charge in [0, 0.05) is 103 Å². The lowest BCUT2D eigenvalue weighted by Gasteiger charge is -2.35. The van der Waals surface area contributed by atoms with Crippen molar-refractivity contribution in [1.82, 2.24) is 45.4 Å². The van der Waals surface area contributed by atoms with E-state index in [-0.39, 0.29) is 43.0 Å². The van der Waals surface area contributed by atoms with Crippen LogP contribution >= 0.6 is 11.3 Å². The second-order valence-electron chi connectivity index (χ2n) is 22.4. The molecule has 3 fully saturated rings. The molecule has 0 aliphatic carbocycles. The zero-order valence-corrected chi connectivity index (χ0v) is 48.7. The summed E-state index contributed by atoms with van der Waals surface area (Å²) in [6, 6.07) is 21.4. The van der Waals surface area contributed by atoms with E-state index in [0.717, 1.165) is 52.1 Å². The Morgan fingerprint density at radius 1 is 0.881 bits per heavy atom. The number of anilines is 2. The molecule has 23 heteroatoms. The highest BCUT2D eigenvalue weighted by Crippen LogP contribution is 2.37. The first-order valence-electron chi connectivity index (χ1n) is 28.5. The van der Waals surface area contributed by atoms with Crippen molar-refractivity contribution in [1.29, 1.82) is 0 Å². The van der Waals surface area contributed by atoms with E-state index < -0.39 is 58.8 Å². The van der Waals surface area contributed by atoms with Gasteiger partial charge >= 0.3 is 6.18 Å². The van der Waals surface area contributed by atoms with E-state index in [9.17, 15) is 47.0 Å². The summed E-state index contributed by atoms with van der Waals surface area (Å²) in [5.41, 5.74) is 5.53. The van der Waals surface area contributed by atoms with Crippen LogP contribution in [0.3, 0.4) is 0 Å². The van der Waals surface area contributed by atoms with Crippen molar-refractivity contribution >= 4 is 52.2 Å². The molecule has 1 unspecified atom stereocenters. The van der Waals surface area contributed by atoms with Gasteiger partial charge in [0.2, 0.25) is 29.2 Å². The van der Waals surface area contributed by atoms with Crippen molar-refractivity contribution in [2.24, 2.45) is 5.92 Å². The van der Waals surface area contributed by atoms with Crippen molar-refractivity contribution in [3.8, 4) is 21.6 Å². The van der Waals surface area contributed by atoms with Gasteiger partial charge in [0.05, 0.1) is 62.8 Å². The third-order valence-corrected chi connectivity index (χ3v) is 16.8. The molecular weight excluding hydrogens is 1100 g/mol. The summed E-state index contributed by atoms with van der Waals surface area (Å²) in [5, 5.41) is 23.5. The Morgan fingerprint density at radius 2 is 1.61 bits per heavy atom. The number of nitrogens with one attached hydrogen (secondary N) is 4. The Bertz CT molecular complexity index is 3370. The molecule has 5 amide bonds. The number of unbranched alkanes of at least 4 members (excludes halogenated alkanes) is 1. The topological polar surface area (TPSA) is 230 Å². The number of aryl methyl sites for hydroxylation is 2. The molecule has 3 saturated heterocycles. The fraction of sp³-hybridized carbons (Fsp3) is 0.443. The molecule has 446 valence electrons. The highest BCUT2D eigenvalue weighted by molar-refractivity contribution is 7.13. The number of likely N-dealkylation sites (N-methyl/N-ethyl adjacent to an activating group) is 1. The highest BCUT2D eigenvalue weighted by Gasteiger charge is 2.44. The molecule has 0 saturated carbocycles. The maximum absolute atomic E-state index is 14.2. The van der Waals surface area contributed by atoms with E-state index in [1.165, 1.54) is 16.2 Å². The number of aliphatic hydroxyl groups is 1. The van der Waals surface area contributed by atoms with Gasteiger partial charge in [-0.05, 0) is 85.7 Å². The number of amides is 5. The van der Waals surface area contributed by atoms with Crippen LogP contribution in [0.1, 0.15) is 102 Å². The monoisotopic (exact) mass is 1180 g/mol. The number of alkyl halides is 3. The average molecular weight is 1180 g/mol. The maximum atomic E-state index is 14.2. The Hall–Kier alpha value is -7.73. The van der Waals surface area contributed by atoms with Gasteiger partial charge in [0.1, 0.15) is 17.7 Å². The van der Waals surface area contributed by atoms with Crippen LogP contribution < -0.4 is 26.4 Å². The number of piperazine rings is 2. The number of aromatic amines is 1. The number of carbonyl (C=O) groups is 5. The summed E-state index contributed by atoms with van der Waals surface area (Å²) in [6.07, 6.45) is -3.73. The zero-order chi connectivity index (χ0) is 59.8. The van der Waals surface area contributed by atoms with Crippen molar-refractivity contribution in [2.75, 3.05) is 82.7 Å². The minimum atomic E-state index is -4.93. The lowest BCUT2D eigenvalue weighted by molar-refractivity contribution is -0.141. The first kappa shape index (κ1) is 60.8. The van der Waals surface area contributed by atoms with E-state index in [4.69, 9.17) is 4.52 Å². The first-order valence-corrected chi connectivity index (χ1v) is 29.3. The summed E-state index contributed by atoms with van der Waals surface area (Å²) in [5.74, 6) is -2.66. The number of aliphatic hydroxyl groups excluding tert-OH is 1. The van der Waals surface area contributed by atoms with Crippen LogP contribution in [-0.4, -0.2) is 154 Å². The van der Waals surface area contributed by atoms with Crippen LogP contribution in [-0.2, 0) is 31.9 Å². The van der Waals surface area contributed by atoms with Crippen LogP contribution in [0.2, 0.25) is 0 Å². The number of halogens is 3. The summed E-state index contributed by atoms with van der Waals surface area (Å²) in [4.78, 5) is 98.3. The number of benzene rings is 3. The minimum Gasteiger partial charge on any atom is -0.391 e. The van der Waals surface area contributed by atoms with E-state index in [1.807, 2.05) is 93.4 Å². The highest BCUT2D eigenvalue weighted by atomic mass is 32.1. The molecule has 3 aromatic carbocycles. The van der Waals surface area contributed by atoms with Gasteiger partial charge in [0.15, 0.2) is 0 Å². The summed E-state index contributed by atoms with van der Waals surface area (Å²) >= 11 is 1.51. The molecule has 0 radical (unpaired) electrons. The van der Waals surface area contributed by atoms with Crippen molar-refractivity contribution in [2.45, 2.75) is 96.6 Å². The second kappa shape index (κ2) is 26.9. The Kier molecular flexibility index (Phi) is 19.5. The quantitative estimate of drug-likeness (QED) is 0.0471. The third-order valence-electron chi connectivity index (χ3n) is 15.9. The van der Waals surface area contributed by atoms with Crippen molar-refractivity contribution in [3.05, 3.63) is 140 Å². The number of hydrogen-bond acceptors (Lipinski definition) is 14. The first-order chi connectivity index (χ1) is 40.2. The number of rotatable bonds is 20. The summed E-state index contributed by atoms with van der Waals surface area (Å²) < 4.78 is 47.5. The van der Waals surface area contributed by atoms with Crippen molar-refractivity contribution < 1.29 is 46.8 Å². The molecule has 5 N–H and O–H groups in total. The van der Waals surface area contributed by atoms with Crippen LogP contribution in [0, 0.1) is 19.8 Å². The average Bonchev–Trinajstić information content (AvgIpc) is 3.58. The lowest BCUT2D eigenvalue weighted by atomic mass is 9.91. The molecule has 6 heterocycles. The molecule has 3 aromatic heterocycles. The SMILES string of the molecule is Cc1cc([C@H](C(=O)N2C[C@H](O)C[C@H]2C(=O)NC(CC(=O)NCCCCC(=O)N2CCN(Cc3cccc(-c4ccc(N5CCN(C)CC5)c(NC(=O)c5c[nH]c(=O)cc5C(F)(F)F)c4)c3)CC2)c2ccc(-c3scnc3C)cc2)C(C)C)on1. The number of hydrogen-bond donors (Lipinski definition) is 5. The molecule has 4 atom stereocenters. The van der Waals surface area contributed by atoms with Gasteiger partial charge in [-0.1, -0.05) is 67.5 Å². The van der Waals surface area contributed by atoms with Gasteiger partial charge in [-0.3, -0.25) is 33.7 Å². The molecule has 3 aliphatic heterocycles. The normalized spacial score (nSPS) is 17.8. The fourth-order valence-corrected chi connectivity index (χ4v) is 12.1. The number of thiazole rings is 1. The van der Waals surface area contributed by atoms with Gasteiger partial charge in [-0.2, -0.15) is 13.2 Å². The molecular formula is C61H72F3N11O8S. The standard InChI is InChI=1S/C61H72F3N11O8S/c1-37(2)56(52-27-38(3)70-83-52)60(82)75-35-45(76)30-51(75)59(81)68-48(41-12-14-42(15-13-41)57-39(4)67-36-84-57)32-54(78)65-18-7-6-11-55(79)74-25-21-72(22-26-74)34-40-9-8-10-43(28-40)44-16-17-50(73-23-19-71(5)20-24-73)49(29-44)69-58(80)46-33-66-53(77)31-47(46)61(62,63)64/h8-10,12-17,27-29,31,33,36-37,45,48,51,56,76H,6-7,11,18-26,30,32,34-35H2,1-5H3,(H,65,78)(H,66,77)(H,68,81)(H,69,80)/t45-,48?,51+,56-/m1/s1. The molecule has 6 aromatic rings. The molecule has 0 bridgehead atoms. The smallest absolute Gasteiger partial charge is 0.391 e. The van der Waals surface area contributed by atoms with Gasteiger partial charge < -0.3 is 50.2 Å². The molecule has 0 spiro atoms. The molecule has 19 nitrogen and oxygen atoms in total. The number of H-pyrrole nitrogens is 1. The van der Waals surface area contributed by atoms with Crippen LogP contribution in [0.25, 0.3) is 21.6 Å². The number of carbonyl (C=O) groups excluding carboxylic acids is 5. The van der Waals surface area contributed by atoms with E-state index >= 15 is 0 Å². The zero-order valence-electron chi connectivity index (χ0n) is 47.8. The van der Waals surface area contributed by atoms with E-state index in [0.29, 0.717) is 106 Å². The van der Waals surface area contributed by atoms with Crippen LogP contribution in [0.4, 0.5) is 24.5 Å². The van der Waals surface area contributed by atoms with E-state index in [2.05, 4.69) is 45.8 Å². The van der Waals surface area contributed by atoms with Gasteiger partial charge in [-0.25, -0.2) is 4.98 Å². The molecule has 3 aliphatic rings.